The summed E-state index contributed by atoms with van der Waals surface area (Å²) in [4.78, 5) is 18.2. The van der Waals surface area contributed by atoms with E-state index in [0.29, 0.717) is 18.1 Å². The molecule has 2 unspecified atom stereocenters. The number of nitrogens with zero attached hydrogens (tertiary/aromatic N) is 2. The molecule has 2 aromatic rings. The van der Waals surface area contributed by atoms with E-state index in [0.717, 1.165) is 56.7 Å². The molecule has 0 aliphatic carbocycles. The van der Waals surface area contributed by atoms with Gasteiger partial charge in [-0.05, 0) is 43.7 Å². The van der Waals surface area contributed by atoms with Crippen molar-refractivity contribution < 1.29 is 9.53 Å². The lowest BCUT2D eigenvalue weighted by Gasteiger charge is -2.40. The molecule has 0 radical (unpaired) electrons. The highest BCUT2D eigenvalue weighted by atomic mass is 16.5. The summed E-state index contributed by atoms with van der Waals surface area (Å²) in [5.41, 5.74) is 2.15. The molecular formula is C26H34N2O2. The van der Waals surface area contributed by atoms with Crippen molar-refractivity contribution in [3.8, 4) is 0 Å². The number of hydrogen-bond acceptors (Lipinski definition) is 3. The molecule has 2 aliphatic rings. The van der Waals surface area contributed by atoms with Crippen molar-refractivity contribution in [1.29, 1.82) is 0 Å². The number of likely N-dealkylation sites (tertiary alicyclic amines) is 1. The van der Waals surface area contributed by atoms with Crippen LogP contribution in [0.5, 0.6) is 0 Å². The minimum absolute atomic E-state index is 0.218. The van der Waals surface area contributed by atoms with Crippen LogP contribution < -0.4 is 0 Å². The van der Waals surface area contributed by atoms with Gasteiger partial charge in [0.25, 0.3) is 0 Å². The lowest BCUT2D eigenvalue weighted by atomic mass is 9.88. The maximum atomic E-state index is 13.6. The zero-order chi connectivity index (χ0) is 20.9. The van der Waals surface area contributed by atoms with Crippen molar-refractivity contribution in [2.45, 2.75) is 44.8 Å². The number of rotatable bonds is 5. The van der Waals surface area contributed by atoms with Gasteiger partial charge in [-0.15, -0.1) is 0 Å². The summed E-state index contributed by atoms with van der Waals surface area (Å²) >= 11 is 0. The summed E-state index contributed by atoms with van der Waals surface area (Å²) in [7, 11) is 0. The molecule has 4 rings (SSSR count). The number of hydrogen-bond donors (Lipinski definition) is 0. The number of morpholine rings is 1. The Morgan fingerprint density at radius 2 is 1.40 bits per heavy atom. The predicted molar refractivity (Wildman–Crippen MR) is 120 cm³/mol. The van der Waals surface area contributed by atoms with Gasteiger partial charge in [0.1, 0.15) is 0 Å². The molecule has 160 valence electrons. The van der Waals surface area contributed by atoms with E-state index < -0.39 is 0 Å². The van der Waals surface area contributed by atoms with Crippen LogP contribution in [0.3, 0.4) is 0 Å². The van der Waals surface area contributed by atoms with Gasteiger partial charge >= 0.3 is 0 Å². The van der Waals surface area contributed by atoms with E-state index in [9.17, 15) is 4.79 Å². The van der Waals surface area contributed by atoms with Gasteiger partial charge in [0, 0.05) is 32.7 Å². The predicted octanol–water partition coefficient (Wildman–Crippen LogP) is 4.17. The van der Waals surface area contributed by atoms with Crippen molar-refractivity contribution in [1.82, 2.24) is 9.80 Å². The molecule has 2 aliphatic heterocycles. The highest BCUT2D eigenvalue weighted by Gasteiger charge is 2.31. The molecule has 0 spiro atoms. The number of piperidine rings is 1. The monoisotopic (exact) mass is 406 g/mol. The van der Waals surface area contributed by atoms with Crippen molar-refractivity contribution in [3.63, 3.8) is 0 Å². The van der Waals surface area contributed by atoms with Gasteiger partial charge in [0.05, 0.1) is 18.1 Å². The van der Waals surface area contributed by atoms with Crippen LogP contribution in [0.25, 0.3) is 0 Å². The van der Waals surface area contributed by atoms with Crippen LogP contribution in [-0.2, 0) is 9.53 Å². The maximum absolute atomic E-state index is 13.6. The summed E-state index contributed by atoms with van der Waals surface area (Å²) in [6.45, 7) is 9.21. The first-order valence-electron chi connectivity index (χ1n) is 11.4. The van der Waals surface area contributed by atoms with E-state index in [1.807, 2.05) is 36.4 Å². The summed E-state index contributed by atoms with van der Waals surface area (Å²) in [6.07, 6.45) is 2.80. The number of carbonyl (C=O) groups is 1. The van der Waals surface area contributed by atoms with Crippen molar-refractivity contribution >= 4 is 5.91 Å². The third-order valence-electron chi connectivity index (χ3n) is 6.45. The largest absolute Gasteiger partial charge is 0.373 e. The molecule has 2 atom stereocenters. The van der Waals surface area contributed by atoms with Gasteiger partial charge in [-0.25, -0.2) is 0 Å². The molecular weight excluding hydrogens is 372 g/mol. The van der Waals surface area contributed by atoms with Crippen LogP contribution in [0.1, 0.15) is 43.7 Å². The first-order chi connectivity index (χ1) is 14.6. The third-order valence-corrected chi connectivity index (χ3v) is 6.45. The molecule has 0 N–H and O–H groups in total. The first kappa shape index (κ1) is 21.1. The van der Waals surface area contributed by atoms with Crippen LogP contribution >= 0.6 is 0 Å². The molecule has 4 heteroatoms. The smallest absolute Gasteiger partial charge is 0.234 e. The Labute approximate surface area is 180 Å². The Bertz CT molecular complexity index is 753. The fourth-order valence-electron chi connectivity index (χ4n) is 5.09. The Balaban J connectivity index is 1.40. The molecule has 0 aromatic heterocycles. The Hall–Kier alpha value is -2.17. The summed E-state index contributed by atoms with van der Waals surface area (Å²) in [6, 6.07) is 20.4. The molecule has 0 bridgehead atoms. The normalized spacial score (nSPS) is 23.6. The maximum Gasteiger partial charge on any atom is 0.234 e. The summed E-state index contributed by atoms with van der Waals surface area (Å²) < 4.78 is 5.87. The zero-order valence-corrected chi connectivity index (χ0v) is 18.2. The van der Waals surface area contributed by atoms with Gasteiger partial charge in [-0.3, -0.25) is 9.69 Å². The summed E-state index contributed by atoms with van der Waals surface area (Å²) in [5.74, 6) is 0.683. The van der Waals surface area contributed by atoms with Crippen molar-refractivity contribution in [3.05, 3.63) is 71.8 Å². The quantitative estimate of drug-likeness (QED) is 0.747. The number of ether oxygens (including phenoxy) is 1. The highest BCUT2D eigenvalue weighted by molar-refractivity contribution is 5.87. The van der Waals surface area contributed by atoms with E-state index >= 15 is 0 Å². The SMILES string of the molecule is CC1CN(CC2CCN(C(=O)C(c3ccccc3)c3ccccc3)CC2)CC(C)O1. The number of amides is 1. The first-order valence-corrected chi connectivity index (χ1v) is 11.4. The average Bonchev–Trinajstić information content (AvgIpc) is 2.75. The van der Waals surface area contributed by atoms with Gasteiger partial charge in [-0.2, -0.15) is 0 Å². The van der Waals surface area contributed by atoms with E-state index in [4.69, 9.17) is 4.74 Å². The standard InChI is InChI=1S/C26H34N2O2/c1-20-17-27(18-21(2)30-20)19-22-13-15-28(16-14-22)26(29)25(23-9-5-3-6-10-23)24-11-7-4-8-12-24/h3-12,20-22,25H,13-19H2,1-2H3. The Kier molecular flexibility index (Phi) is 6.86. The Morgan fingerprint density at radius 3 is 1.90 bits per heavy atom. The molecule has 2 fully saturated rings. The molecule has 2 saturated heterocycles. The van der Waals surface area contributed by atoms with Gasteiger partial charge < -0.3 is 9.64 Å². The van der Waals surface area contributed by atoms with Crippen molar-refractivity contribution in [2.75, 3.05) is 32.7 Å². The molecule has 1 amide bonds. The molecule has 2 heterocycles. The van der Waals surface area contributed by atoms with Gasteiger partial charge in [0.15, 0.2) is 0 Å². The molecule has 4 nitrogen and oxygen atoms in total. The fraction of sp³-hybridized carbons (Fsp3) is 0.500. The van der Waals surface area contributed by atoms with Crippen LogP contribution in [0.15, 0.2) is 60.7 Å². The minimum atomic E-state index is -0.218. The number of benzene rings is 2. The van der Waals surface area contributed by atoms with E-state index in [2.05, 4.69) is 47.9 Å². The fourth-order valence-corrected chi connectivity index (χ4v) is 5.09. The lowest BCUT2D eigenvalue weighted by Crippen LogP contribution is -2.49. The van der Waals surface area contributed by atoms with Crippen molar-refractivity contribution in [2.24, 2.45) is 5.92 Å². The average molecular weight is 407 g/mol. The second kappa shape index (κ2) is 9.76. The summed E-state index contributed by atoms with van der Waals surface area (Å²) in [5, 5.41) is 0. The highest BCUT2D eigenvalue weighted by Crippen LogP contribution is 2.29. The minimum Gasteiger partial charge on any atom is -0.373 e. The second-order valence-electron chi connectivity index (χ2n) is 9.00. The van der Waals surface area contributed by atoms with Gasteiger partial charge in [0.2, 0.25) is 5.91 Å². The molecule has 0 saturated carbocycles. The second-order valence-corrected chi connectivity index (χ2v) is 9.00. The Morgan fingerprint density at radius 1 is 0.900 bits per heavy atom. The zero-order valence-electron chi connectivity index (χ0n) is 18.2. The van der Waals surface area contributed by atoms with Crippen LogP contribution in [0.4, 0.5) is 0 Å². The van der Waals surface area contributed by atoms with E-state index in [-0.39, 0.29) is 11.8 Å². The van der Waals surface area contributed by atoms with Gasteiger partial charge in [-0.1, -0.05) is 60.7 Å². The van der Waals surface area contributed by atoms with Crippen LogP contribution in [-0.4, -0.2) is 60.6 Å². The number of carbonyl (C=O) groups excluding carboxylic acids is 1. The lowest BCUT2D eigenvalue weighted by molar-refractivity contribution is -0.133. The third kappa shape index (κ3) is 5.11. The topological polar surface area (TPSA) is 32.8 Å². The van der Waals surface area contributed by atoms with E-state index in [1.165, 1.54) is 0 Å². The van der Waals surface area contributed by atoms with Crippen LogP contribution in [0, 0.1) is 5.92 Å². The van der Waals surface area contributed by atoms with E-state index in [1.54, 1.807) is 0 Å². The molecule has 2 aromatic carbocycles. The molecule has 30 heavy (non-hydrogen) atoms. The van der Waals surface area contributed by atoms with Crippen LogP contribution in [0.2, 0.25) is 0 Å².